The molecule has 0 aromatic rings. The molecule has 5 nitrogen and oxygen atoms in total. The lowest BCUT2D eigenvalue weighted by molar-refractivity contribution is -0.139. The molecule has 0 unspecified atom stereocenters. The fourth-order valence-electron chi connectivity index (χ4n) is 0.101. The van der Waals surface area contributed by atoms with E-state index in [1.54, 1.807) is 0 Å². The highest BCUT2D eigenvalue weighted by atomic mass is 16.7. The molecule has 0 saturated heterocycles. The molecule has 0 amide bonds. The van der Waals surface area contributed by atoms with Gasteiger partial charge in [-0.1, -0.05) is 13.2 Å². The first-order chi connectivity index (χ1) is 5.82. The highest BCUT2D eigenvalue weighted by molar-refractivity contribution is 5.86. The Labute approximate surface area is 76.4 Å². The Morgan fingerprint density at radius 3 is 1.54 bits per heavy atom. The molecule has 0 heterocycles. The van der Waals surface area contributed by atoms with Crippen molar-refractivity contribution in [2.24, 2.45) is 5.90 Å². The minimum atomic E-state index is -0.935. The second kappa shape index (κ2) is 7.05. The predicted molar refractivity (Wildman–Crippen MR) is 47.5 cm³/mol. The second-order valence-electron chi connectivity index (χ2n) is 2.27. The zero-order valence-corrected chi connectivity index (χ0v) is 7.66. The van der Waals surface area contributed by atoms with E-state index >= 15 is 0 Å². The molecule has 0 aliphatic rings. The number of aliphatic carboxylic acids is 1. The van der Waals surface area contributed by atoms with Crippen LogP contribution in [0.4, 0.5) is 0 Å². The Morgan fingerprint density at radius 2 is 1.54 bits per heavy atom. The van der Waals surface area contributed by atoms with Gasteiger partial charge in [0.05, 0.1) is 0 Å². The molecule has 0 fully saturated rings. The van der Waals surface area contributed by atoms with Gasteiger partial charge in [-0.2, -0.15) is 5.90 Å². The van der Waals surface area contributed by atoms with Gasteiger partial charge in [0.15, 0.2) is 0 Å². The lowest BCUT2D eigenvalue weighted by atomic mass is 10.4. The Morgan fingerprint density at radius 1 is 1.23 bits per heavy atom. The lowest BCUT2D eigenvalue weighted by Gasteiger charge is -1.90. The molecule has 0 radical (unpaired) electrons. The third kappa shape index (κ3) is 10.4. The minimum Gasteiger partial charge on any atom is -0.478 e. The number of nitrogens with two attached hydrogens (primary N) is 1. The molecule has 74 valence electrons. The molecule has 0 atom stereocenters. The largest absolute Gasteiger partial charge is 0.478 e. The van der Waals surface area contributed by atoms with Crippen LogP contribution in [0.2, 0.25) is 0 Å². The lowest BCUT2D eigenvalue weighted by Crippen LogP contribution is -2.09. The minimum absolute atomic E-state index is 0.176. The van der Waals surface area contributed by atoms with Crippen LogP contribution < -0.4 is 5.90 Å². The summed E-state index contributed by atoms with van der Waals surface area (Å²) in [5.74, 6) is 2.96. The fraction of sp³-hybridized carbons (Fsp3) is 0.250. The van der Waals surface area contributed by atoms with Crippen molar-refractivity contribution in [2.75, 3.05) is 0 Å². The highest BCUT2D eigenvalue weighted by Crippen LogP contribution is 1.85. The molecule has 0 aromatic heterocycles. The number of carboxylic acid groups (broad SMARTS) is 1. The summed E-state index contributed by atoms with van der Waals surface area (Å²) in [5, 5.41) is 7.89. The molecule has 0 aromatic carbocycles. The molecule has 0 bridgehead atoms. The van der Waals surface area contributed by atoms with Gasteiger partial charge in [0, 0.05) is 11.1 Å². The molecule has 0 saturated carbocycles. The molecular formula is C8H13NO4. The number of carbonyl (C=O) groups excluding carboxylic acids is 1. The molecule has 0 aliphatic heterocycles. The Hall–Kier alpha value is -1.62. The average Bonchev–Trinajstić information content (AvgIpc) is 2.03. The van der Waals surface area contributed by atoms with Gasteiger partial charge in [-0.25, -0.2) is 9.59 Å². The van der Waals surface area contributed by atoms with Crippen molar-refractivity contribution in [1.82, 2.24) is 0 Å². The SMILES string of the molecule is C=C(C)C(=O)O.C=C(C)C(=O)ON. The highest BCUT2D eigenvalue weighted by Gasteiger charge is 1.96. The van der Waals surface area contributed by atoms with E-state index in [2.05, 4.69) is 23.9 Å². The van der Waals surface area contributed by atoms with Gasteiger partial charge < -0.3 is 9.94 Å². The average molecular weight is 187 g/mol. The molecule has 3 N–H and O–H groups in total. The van der Waals surface area contributed by atoms with Crippen LogP contribution in [0.3, 0.4) is 0 Å². The van der Waals surface area contributed by atoms with E-state index in [1.807, 2.05) is 0 Å². The Bertz CT molecular complexity index is 220. The van der Waals surface area contributed by atoms with Crippen LogP contribution in [-0.2, 0) is 14.4 Å². The zero-order chi connectivity index (χ0) is 11.0. The number of hydrogen-bond acceptors (Lipinski definition) is 4. The van der Waals surface area contributed by atoms with E-state index in [9.17, 15) is 9.59 Å². The van der Waals surface area contributed by atoms with Crippen LogP contribution in [0.15, 0.2) is 24.3 Å². The van der Waals surface area contributed by atoms with Crippen molar-refractivity contribution in [3.8, 4) is 0 Å². The van der Waals surface area contributed by atoms with Crippen molar-refractivity contribution in [1.29, 1.82) is 0 Å². The number of hydrogen-bond donors (Lipinski definition) is 2. The molecule has 0 rings (SSSR count). The third-order valence-corrected chi connectivity index (χ3v) is 0.821. The summed E-state index contributed by atoms with van der Waals surface area (Å²) in [6.45, 7) is 9.40. The van der Waals surface area contributed by atoms with E-state index in [4.69, 9.17) is 5.11 Å². The van der Waals surface area contributed by atoms with Crippen LogP contribution in [0.1, 0.15) is 13.8 Å². The van der Waals surface area contributed by atoms with Gasteiger partial charge in [0.2, 0.25) is 0 Å². The maximum absolute atomic E-state index is 10.1. The maximum atomic E-state index is 10.1. The van der Waals surface area contributed by atoms with Crippen molar-refractivity contribution in [2.45, 2.75) is 13.8 Å². The Kier molecular flexibility index (Phi) is 7.56. The smallest absolute Gasteiger partial charge is 0.351 e. The summed E-state index contributed by atoms with van der Waals surface area (Å²) in [7, 11) is 0. The second-order valence-corrected chi connectivity index (χ2v) is 2.27. The zero-order valence-electron chi connectivity index (χ0n) is 7.66. The van der Waals surface area contributed by atoms with E-state index in [0.717, 1.165) is 0 Å². The van der Waals surface area contributed by atoms with Crippen molar-refractivity contribution >= 4 is 11.9 Å². The van der Waals surface area contributed by atoms with Gasteiger partial charge >= 0.3 is 11.9 Å². The molecule has 13 heavy (non-hydrogen) atoms. The van der Waals surface area contributed by atoms with Crippen LogP contribution in [0.5, 0.6) is 0 Å². The first-order valence-electron chi connectivity index (χ1n) is 3.28. The van der Waals surface area contributed by atoms with E-state index in [0.29, 0.717) is 5.57 Å². The van der Waals surface area contributed by atoms with Gasteiger partial charge in [0.25, 0.3) is 0 Å². The van der Waals surface area contributed by atoms with Crippen molar-refractivity contribution in [3.05, 3.63) is 24.3 Å². The summed E-state index contributed by atoms with van der Waals surface area (Å²) in [6.07, 6.45) is 0. The van der Waals surface area contributed by atoms with Crippen LogP contribution in [-0.4, -0.2) is 17.0 Å². The third-order valence-electron chi connectivity index (χ3n) is 0.821. The maximum Gasteiger partial charge on any atom is 0.351 e. The topological polar surface area (TPSA) is 89.6 Å². The molecule has 0 spiro atoms. The number of carboxylic acids is 1. The van der Waals surface area contributed by atoms with Gasteiger partial charge in [-0.3, -0.25) is 0 Å². The van der Waals surface area contributed by atoms with Gasteiger partial charge in [0.1, 0.15) is 0 Å². The van der Waals surface area contributed by atoms with Crippen molar-refractivity contribution in [3.63, 3.8) is 0 Å². The summed E-state index contributed by atoms with van der Waals surface area (Å²) in [6, 6.07) is 0. The summed E-state index contributed by atoms with van der Waals surface area (Å²) in [4.78, 5) is 23.4. The van der Waals surface area contributed by atoms with Crippen LogP contribution >= 0.6 is 0 Å². The normalized spacial score (nSPS) is 7.62. The van der Waals surface area contributed by atoms with E-state index < -0.39 is 11.9 Å². The number of rotatable bonds is 2. The number of carbonyl (C=O) groups is 2. The monoisotopic (exact) mass is 187 g/mol. The first kappa shape index (κ1) is 13.9. The fourth-order valence-corrected chi connectivity index (χ4v) is 0.101. The van der Waals surface area contributed by atoms with E-state index in [1.165, 1.54) is 13.8 Å². The van der Waals surface area contributed by atoms with Crippen molar-refractivity contribution < 1.29 is 19.5 Å². The summed E-state index contributed by atoms with van der Waals surface area (Å²) in [5.41, 5.74) is 0.484. The molecular weight excluding hydrogens is 174 g/mol. The van der Waals surface area contributed by atoms with Gasteiger partial charge in [-0.05, 0) is 13.8 Å². The van der Waals surface area contributed by atoms with Gasteiger partial charge in [-0.15, -0.1) is 0 Å². The predicted octanol–water partition coefficient (Wildman–Crippen LogP) is 0.627. The summed E-state index contributed by atoms with van der Waals surface area (Å²) < 4.78 is 0. The summed E-state index contributed by atoms with van der Waals surface area (Å²) >= 11 is 0. The first-order valence-corrected chi connectivity index (χ1v) is 3.28. The van der Waals surface area contributed by atoms with E-state index in [-0.39, 0.29) is 5.57 Å². The van der Waals surface area contributed by atoms with Crippen LogP contribution in [0.25, 0.3) is 0 Å². The molecule has 5 heteroatoms. The Balaban J connectivity index is 0. The standard InChI is InChI=1S/C4H7NO2.C4H6O2/c1-3(2)4(6)7-5;1-3(2)4(5)6/h1,5H2,2H3;1H2,2H3,(H,5,6). The quantitative estimate of drug-likeness (QED) is 0.488. The van der Waals surface area contributed by atoms with Crippen LogP contribution in [0, 0.1) is 0 Å². The molecule has 0 aliphatic carbocycles.